The normalized spacial score (nSPS) is 18.5. The van der Waals surface area contributed by atoms with Crippen molar-refractivity contribution in [3.63, 3.8) is 0 Å². The predicted octanol–water partition coefficient (Wildman–Crippen LogP) is 4.10. The average Bonchev–Trinajstić information content (AvgIpc) is 2.57. The zero-order valence-electron chi connectivity index (χ0n) is 15.4. The van der Waals surface area contributed by atoms with Gasteiger partial charge >= 0.3 is 0 Å². The largest absolute Gasteiger partial charge is 0.338 e. The first-order valence-corrected chi connectivity index (χ1v) is 8.44. The molecule has 1 aromatic carbocycles. The zero-order chi connectivity index (χ0) is 17.3. The van der Waals surface area contributed by atoms with E-state index in [0.29, 0.717) is 18.7 Å². The molecule has 1 aliphatic rings. The van der Waals surface area contributed by atoms with Crippen molar-refractivity contribution in [1.82, 2.24) is 9.88 Å². The molecule has 1 aliphatic heterocycles. The number of likely N-dealkylation sites (tertiary alicyclic amines) is 1. The molecule has 26 heavy (non-hydrogen) atoms. The van der Waals surface area contributed by atoms with Gasteiger partial charge in [0.15, 0.2) is 0 Å². The third-order valence-corrected chi connectivity index (χ3v) is 4.97. The summed E-state index contributed by atoms with van der Waals surface area (Å²) in [4.78, 5) is 19.1. The van der Waals surface area contributed by atoms with Gasteiger partial charge in [-0.15, -0.1) is 24.8 Å². The van der Waals surface area contributed by atoms with Crippen LogP contribution in [0.25, 0.3) is 11.1 Å². The van der Waals surface area contributed by atoms with Gasteiger partial charge in [0.25, 0.3) is 5.91 Å². The maximum Gasteiger partial charge on any atom is 0.255 e. The second-order valence-corrected chi connectivity index (χ2v) is 7.44. The summed E-state index contributed by atoms with van der Waals surface area (Å²) in [6.07, 6.45) is 4.29. The molecule has 1 atom stereocenters. The summed E-state index contributed by atoms with van der Waals surface area (Å²) in [5.41, 5.74) is 10.0. The summed E-state index contributed by atoms with van der Waals surface area (Å²) in [5, 5.41) is 0. The molecule has 1 aromatic heterocycles. The zero-order valence-corrected chi connectivity index (χ0v) is 17.1. The Bertz CT molecular complexity index is 747. The number of amides is 1. The van der Waals surface area contributed by atoms with Crippen molar-refractivity contribution < 1.29 is 4.79 Å². The fraction of sp³-hybridized carbons (Fsp3) is 0.400. The van der Waals surface area contributed by atoms with Crippen molar-refractivity contribution in [2.45, 2.75) is 33.2 Å². The Kier molecular flexibility index (Phi) is 7.63. The topological polar surface area (TPSA) is 59.2 Å². The quantitative estimate of drug-likeness (QED) is 0.832. The summed E-state index contributed by atoms with van der Waals surface area (Å²) in [6, 6.07) is 10.3. The Morgan fingerprint density at radius 2 is 1.81 bits per heavy atom. The van der Waals surface area contributed by atoms with Crippen LogP contribution in [0.15, 0.2) is 42.7 Å². The van der Waals surface area contributed by atoms with E-state index < -0.39 is 0 Å². The number of halogens is 2. The molecule has 6 heteroatoms. The molecule has 0 spiro atoms. The number of nitrogens with zero attached hydrogens (tertiary/aromatic N) is 2. The second kappa shape index (κ2) is 8.85. The van der Waals surface area contributed by atoms with E-state index in [-0.39, 0.29) is 42.2 Å². The van der Waals surface area contributed by atoms with E-state index in [1.807, 2.05) is 11.0 Å². The average molecular weight is 396 g/mol. The number of hydrogen-bond acceptors (Lipinski definition) is 3. The number of aryl methyl sites for hydroxylation is 1. The SMILES string of the molecule is Cc1ccc(-c2cncc(C(=O)N3CCC(N)C(C)(C)C3)c2)cc1.Cl.Cl. The van der Waals surface area contributed by atoms with Gasteiger partial charge in [0.05, 0.1) is 5.56 Å². The first-order chi connectivity index (χ1) is 11.4. The first kappa shape index (κ1) is 22.4. The minimum atomic E-state index is -0.0596. The monoisotopic (exact) mass is 395 g/mol. The Labute approximate surface area is 168 Å². The Balaban J connectivity index is 0.00000169. The molecule has 1 unspecified atom stereocenters. The van der Waals surface area contributed by atoms with Gasteiger partial charge in [0.1, 0.15) is 0 Å². The number of carbonyl (C=O) groups is 1. The van der Waals surface area contributed by atoms with Crippen LogP contribution in [0.4, 0.5) is 0 Å². The maximum atomic E-state index is 12.9. The molecule has 0 aliphatic carbocycles. The fourth-order valence-electron chi connectivity index (χ4n) is 3.19. The van der Waals surface area contributed by atoms with Crippen molar-refractivity contribution >= 4 is 30.7 Å². The lowest BCUT2D eigenvalue weighted by atomic mass is 9.79. The minimum Gasteiger partial charge on any atom is -0.338 e. The number of piperidine rings is 1. The molecule has 0 saturated carbocycles. The number of pyridine rings is 1. The molecule has 2 heterocycles. The lowest BCUT2D eigenvalue weighted by Gasteiger charge is -2.42. The van der Waals surface area contributed by atoms with E-state index in [9.17, 15) is 4.79 Å². The van der Waals surface area contributed by atoms with Crippen LogP contribution in [0.5, 0.6) is 0 Å². The summed E-state index contributed by atoms with van der Waals surface area (Å²) in [5.74, 6) is 0.0384. The van der Waals surface area contributed by atoms with Crippen LogP contribution in [-0.4, -0.2) is 34.9 Å². The fourth-order valence-corrected chi connectivity index (χ4v) is 3.19. The van der Waals surface area contributed by atoms with E-state index in [0.717, 1.165) is 17.5 Å². The van der Waals surface area contributed by atoms with Crippen LogP contribution in [0.1, 0.15) is 36.2 Å². The number of hydrogen-bond donors (Lipinski definition) is 1. The van der Waals surface area contributed by atoms with Crippen LogP contribution in [0.2, 0.25) is 0 Å². The van der Waals surface area contributed by atoms with Crippen LogP contribution in [-0.2, 0) is 0 Å². The summed E-state index contributed by atoms with van der Waals surface area (Å²) < 4.78 is 0. The summed E-state index contributed by atoms with van der Waals surface area (Å²) in [7, 11) is 0. The number of carbonyl (C=O) groups excluding carboxylic acids is 1. The highest BCUT2D eigenvalue weighted by atomic mass is 35.5. The van der Waals surface area contributed by atoms with Gasteiger partial charge in [0.2, 0.25) is 0 Å². The molecular weight excluding hydrogens is 369 g/mol. The molecule has 0 radical (unpaired) electrons. The molecule has 3 rings (SSSR count). The Hall–Kier alpha value is -1.62. The number of rotatable bonds is 2. The molecule has 2 aromatic rings. The molecule has 0 bridgehead atoms. The van der Waals surface area contributed by atoms with Crippen LogP contribution < -0.4 is 5.73 Å². The highest BCUT2D eigenvalue weighted by molar-refractivity contribution is 5.95. The summed E-state index contributed by atoms with van der Waals surface area (Å²) in [6.45, 7) is 7.70. The van der Waals surface area contributed by atoms with Crippen molar-refractivity contribution in [2.75, 3.05) is 13.1 Å². The lowest BCUT2D eigenvalue weighted by Crippen LogP contribution is -2.54. The van der Waals surface area contributed by atoms with Gasteiger partial charge in [-0.2, -0.15) is 0 Å². The third kappa shape index (κ3) is 4.76. The molecule has 1 fully saturated rings. The van der Waals surface area contributed by atoms with Gasteiger partial charge in [-0.25, -0.2) is 0 Å². The molecule has 1 saturated heterocycles. The third-order valence-electron chi connectivity index (χ3n) is 4.97. The predicted molar refractivity (Wildman–Crippen MR) is 111 cm³/mol. The Morgan fingerprint density at radius 3 is 2.42 bits per heavy atom. The lowest BCUT2D eigenvalue weighted by molar-refractivity contribution is 0.0532. The second-order valence-electron chi connectivity index (χ2n) is 7.44. The number of aromatic nitrogens is 1. The van der Waals surface area contributed by atoms with Gasteiger partial charge in [0, 0.05) is 37.1 Å². The van der Waals surface area contributed by atoms with Crippen LogP contribution in [0, 0.1) is 12.3 Å². The van der Waals surface area contributed by atoms with E-state index in [2.05, 4.69) is 50.0 Å². The highest BCUT2D eigenvalue weighted by Crippen LogP contribution is 2.29. The van der Waals surface area contributed by atoms with E-state index in [1.165, 1.54) is 5.56 Å². The molecular formula is C20H27Cl2N3O. The van der Waals surface area contributed by atoms with Gasteiger partial charge in [-0.3, -0.25) is 9.78 Å². The highest BCUT2D eigenvalue weighted by Gasteiger charge is 2.35. The van der Waals surface area contributed by atoms with Crippen LogP contribution in [0.3, 0.4) is 0 Å². The van der Waals surface area contributed by atoms with Crippen molar-refractivity contribution in [2.24, 2.45) is 11.1 Å². The summed E-state index contributed by atoms with van der Waals surface area (Å²) >= 11 is 0. The first-order valence-electron chi connectivity index (χ1n) is 8.44. The van der Waals surface area contributed by atoms with E-state index in [4.69, 9.17) is 5.73 Å². The smallest absolute Gasteiger partial charge is 0.255 e. The van der Waals surface area contributed by atoms with Gasteiger partial charge in [-0.1, -0.05) is 43.7 Å². The van der Waals surface area contributed by atoms with Crippen LogP contribution >= 0.6 is 24.8 Å². The number of benzene rings is 1. The molecule has 2 N–H and O–H groups in total. The van der Waals surface area contributed by atoms with Crippen molar-refractivity contribution in [3.8, 4) is 11.1 Å². The molecule has 142 valence electrons. The number of nitrogens with two attached hydrogens (primary N) is 1. The molecule has 4 nitrogen and oxygen atoms in total. The van der Waals surface area contributed by atoms with Gasteiger partial charge in [-0.05, 0) is 30.4 Å². The Morgan fingerprint density at radius 1 is 1.15 bits per heavy atom. The standard InChI is InChI=1S/C20H25N3O.2ClH/c1-14-4-6-15(7-5-14)16-10-17(12-22-11-16)19(24)23-9-8-18(21)20(2,3)13-23;;/h4-7,10-12,18H,8-9,13,21H2,1-3H3;2*1H. The molecule has 1 amide bonds. The maximum absolute atomic E-state index is 12.9. The van der Waals surface area contributed by atoms with E-state index in [1.54, 1.807) is 12.4 Å². The van der Waals surface area contributed by atoms with E-state index >= 15 is 0 Å². The van der Waals surface area contributed by atoms with Crippen molar-refractivity contribution in [1.29, 1.82) is 0 Å². The van der Waals surface area contributed by atoms with Gasteiger partial charge < -0.3 is 10.6 Å². The van der Waals surface area contributed by atoms with Crippen molar-refractivity contribution in [3.05, 3.63) is 53.9 Å². The minimum absolute atomic E-state index is 0.